The Morgan fingerprint density at radius 3 is 2.36 bits per heavy atom. The van der Waals surface area contributed by atoms with Gasteiger partial charge >= 0.3 is 5.97 Å². The summed E-state index contributed by atoms with van der Waals surface area (Å²) in [6, 6.07) is 13.3. The number of carbonyl (C=O) groups excluding carboxylic acids is 2. The molecule has 1 heterocycles. The summed E-state index contributed by atoms with van der Waals surface area (Å²) in [5.41, 5.74) is 0.878. The second kappa shape index (κ2) is 8.47. The summed E-state index contributed by atoms with van der Waals surface area (Å²) in [5, 5.41) is 8.00. The molecule has 3 rings (SSSR count). The number of benzene rings is 2. The summed E-state index contributed by atoms with van der Waals surface area (Å²) in [4.78, 5) is 37.1. The Kier molecular flexibility index (Phi) is 5.84. The molecule has 0 bridgehead atoms. The van der Waals surface area contributed by atoms with Crippen molar-refractivity contribution in [3.63, 3.8) is 0 Å². The smallest absolute Gasteiger partial charge is 0.338 e. The van der Waals surface area contributed by atoms with Gasteiger partial charge < -0.3 is 10.1 Å². The van der Waals surface area contributed by atoms with Crippen molar-refractivity contribution in [1.82, 2.24) is 9.78 Å². The van der Waals surface area contributed by atoms with Crippen LogP contribution >= 0.6 is 0 Å². The van der Waals surface area contributed by atoms with E-state index in [1.165, 1.54) is 4.68 Å². The Labute approximate surface area is 161 Å². The maximum Gasteiger partial charge on any atom is 0.338 e. The molecule has 0 aliphatic heterocycles. The highest BCUT2D eigenvalue weighted by molar-refractivity contribution is 6.11. The number of nitrogens with one attached hydrogen (secondary N) is 1. The van der Waals surface area contributed by atoms with Gasteiger partial charge in [-0.2, -0.15) is 5.10 Å². The molecule has 1 amide bonds. The summed E-state index contributed by atoms with van der Waals surface area (Å²) >= 11 is 0. The number of ether oxygens (including phenoxy) is 1. The molecular weight excluding hydrogens is 358 g/mol. The average molecular weight is 379 g/mol. The molecular formula is C21H21N3O4. The van der Waals surface area contributed by atoms with E-state index in [0.29, 0.717) is 35.2 Å². The van der Waals surface area contributed by atoms with Gasteiger partial charge in [-0.1, -0.05) is 25.1 Å². The van der Waals surface area contributed by atoms with Crippen LogP contribution in [0.25, 0.3) is 10.8 Å². The van der Waals surface area contributed by atoms with Crippen molar-refractivity contribution in [1.29, 1.82) is 0 Å². The molecule has 0 radical (unpaired) electrons. The normalized spacial score (nSPS) is 10.6. The third-order valence-corrected chi connectivity index (χ3v) is 4.17. The molecule has 0 aliphatic rings. The topological polar surface area (TPSA) is 90.3 Å². The molecule has 7 nitrogen and oxygen atoms in total. The van der Waals surface area contributed by atoms with Gasteiger partial charge in [0.2, 0.25) is 0 Å². The molecule has 7 heteroatoms. The SMILES string of the molecule is CCCn1nc(C(=O)Nc2ccc(C(=O)OCC)cc2)c2ccccc2c1=O. The second-order valence-corrected chi connectivity index (χ2v) is 6.17. The molecule has 1 aromatic heterocycles. The number of aromatic nitrogens is 2. The molecule has 0 saturated carbocycles. The van der Waals surface area contributed by atoms with Crippen molar-refractivity contribution < 1.29 is 14.3 Å². The van der Waals surface area contributed by atoms with Crippen molar-refractivity contribution in [2.75, 3.05) is 11.9 Å². The summed E-state index contributed by atoms with van der Waals surface area (Å²) < 4.78 is 6.27. The number of rotatable bonds is 6. The number of fused-ring (bicyclic) bond motifs is 1. The number of nitrogens with zero attached hydrogens (tertiary/aromatic N) is 2. The fourth-order valence-electron chi connectivity index (χ4n) is 2.86. The van der Waals surface area contributed by atoms with Gasteiger partial charge in [0.1, 0.15) is 0 Å². The van der Waals surface area contributed by atoms with E-state index in [4.69, 9.17) is 4.74 Å². The lowest BCUT2D eigenvalue weighted by Crippen LogP contribution is -2.27. The highest BCUT2D eigenvalue weighted by Gasteiger charge is 2.17. The number of carbonyl (C=O) groups is 2. The first-order chi connectivity index (χ1) is 13.5. The van der Waals surface area contributed by atoms with Gasteiger partial charge in [0.05, 0.1) is 17.6 Å². The molecule has 0 spiro atoms. The van der Waals surface area contributed by atoms with Crippen LogP contribution in [-0.2, 0) is 11.3 Å². The highest BCUT2D eigenvalue weighted by atomic mass is 16.5. The minimum atomic E-state index is -0.426. The maximum atomic E-state index is 12.8. The third kappa shape index (κ3) is 3.93. The van der Waals surface area contributed by atoms with Crippen LogP contribution in [0.15, 0.2) is 53.3 Å². The van der Waals surface area contributed by atoms with Crippen LogP contribution < -0.4 is 10.9 Å². The Hall–Kier alpha value is -3.48. The van der Waals surface area contributed by atoms with Crippen molar-refractivity contribution in [2.24, 2.45) is 0 Å². The Morgan fingerprint density at radius 1 is 1.04 bits per heavy atom. The average Bonchev–Trinajstić information content (AvgIpc) is 2.71. The van der Waals surface area contributed by atoms with Crippen molar-refractivity contribution in [2.45, 2.75) is 26.8 Å². The Balaban J connectivity index is 1.92. The summed E-state index contributed by atoms with van der Waals surface area (Å²) in [5.74, 6) is -0.843. The van der Waals surface area contributed by atoms with Gasteiger partial charge in [-0.05, 0) is 43.7 Å². The van der Waals surface area contributed by atoms with Crippen LogP contribution in [0.4, 0.5) is 5.69 Å². The number of anilines is 1. The molecule has 0 aliphatic carbocycles. The molecule has 144 valence electrons. The van der Waals surface area contributed by atoms with Crippen LogP contribution in [0, 0.1) is 0 Å². The summed E-state index contributed by atoms with van der Waals surface area (Å²) in [6.45, 7) is 4.40. The van der Waals surface area contributed by atoms with Gasteiger partial charge in [-0.25, -0.2) is 9.48 Å². The number of hydrogen-bond acceptors (Lipinski definition) is 5. The minimum absolute atomic E-state index is 0.179. The first-order valence-electron chi connectivity index (χ1n) is 9.13. The lowest BCUT2D eigenvalue weighted by molar-refractivity contribution is 0.0526. The zero-order valence-electron chi connectivity index (χ0n) is 15.8. The fourth-order valence-corrected chi connectivity index (χ4v) is 2.86. The highest BCUT2D eigenvalue weighted by Crippen LogP contribution is 2.16. The van der Waals surface area contributed by atoms with Gasteiger partial charge in [0.25, 0.3) is 11.5 Å². The summed E-state index contributed by atoms with van der Waals surface area (Å²) in [6.07, 6.45) is 0.724. The quantitative estimate of drug-likeness (QED) is 0.664. The van der Waals surface area contributed by atoms with E-state index in [1.54, 1.807) is 55.5 Å². The monoisotopic (exact) mass is 379 g/mol. The van der Waals surface area contributed by atoms with Crippen LogP contribution in [0.3, 0.4) is 0 Å². The number of amides is 1. The predicted molar refractivity (Wildman–Crippen MR) is 107 cm³/mol. The predicted octanol–water partition coefficient (Wildman–Crippen LogP) is 3.24. The van der Waals surface area contributed by atoms with Crippen molar-refractivity contribution in [3.05, 3.63) is 70.1 Å². The van der Waals surface area contributed by atoms with Crippen molar-refractivity contribution >= 4 is 28.3 Å². The largest absolute Gasteiger partial charge is 0.462 e. The van der Waals surface area contributed by atoms with E-state index in [-0.39, 0.29) is 11.3 Å². The number of aryl methyl sites for hydroxylation is 1. The Bertz CT molecular complexity index is 1070. The Morgan fingerprint density at radius 2 is 1.71 bits per heavy atom. The van der Waals surface area contributed by atoms with Gasteiger partial charge in [-0.15, -0.1) is 0 Å². The lowest BCUT2D eigenvalue weighted by atomic mass is 10.1. The van der Waals surface area contributed by atoms with Crippen LogP contribution in [-0.4, -0.2) is 28.3 Å². The minimum Gasteiger partial charge on any atom is -0.462 e. The van der Waals surface area contributed by atoms with Crippen LogP contribution in [0.1, 0.15) is 41.1 Å². The van der Waals surface area contributed by atoms with Crippen LogP contribution in [0.2, 0.25) is 0 Å². The van der Waals surface area contributed by atoms with E-state index in [9.17, 15) is 14.4 Å². The zero-order valence-corrected chi connectivity index (χ0v) is 15.8. The first-order valence-corrected chi connectivity index (χ1v) is 9.13. The molecule has 28 heavy (non-hydrogen) atoms. The van der Waals surface area contributed by atoms with Gasteiger partial charge in [-0.3, -0.25) is 9.59 Å². The van der Waals surface area contributed by atoms with Crippen LogP contribution in [0.5, 0.6) is 0 Å². The third-order valence-electron chi connectivity index (χ3n) is 4.17. The fraction of sp³-hybridized carbons (Fsp3) is 0.238. The lowest BCUT2D eigenvalue weighted by Gasteiger charge is -2.11. The summed E-state index contributed by atoms with van der Waals surface area (Å²) in [7, 11) is 0. The molecule has 2 aromatic carbocycles. The molecule has 0 atom stereocenters. The van der Waals surface area contributed by atoms with E-state index >= 15 is 0 Å². The number of hydrogen-bond donors (Lipinski definition) is 1. The van der Waals surface area contributed by atoms with Crippen molar-refractivity contribution in [3.8, 4) is 0 Å². The molecule has 0 unspecified atom stereocenters. The molecule has 0 fully saturated rings. The van der Waals surface area contributed by atoms with Gasteiger partial charge in [0, 0.05) is 17.6 Å². The molecule has 1 N–H and O–H groups in total. The van der Waals surface area contributed by atoms with E-state index in [2.05, 4.69) is 10.4 Å². The number of esters is 1. The molecule has 0 saturated heterocycles. The van der Waals surface area contributed by atoms with E-state index in [1.807, 2.05) is 6.92 Å². The van der Waals surface area contributed by atoms with E-state index < -0.39 is 11.9 Å². The maximum absolute atomic E-state index is 12.8. The standard InChI is InChI=1S/C21H21N3O4/c1-3-13-24-20(26)17-8-6-5-7-16(17)18(23-24)19(25)22-15-11-9-14(10-12-15)21(27)28-4-2/h5-12H,3-4,13H2,1-2H3,(H,22,25). The van der Waals surface area contributed by atoms with Gasteiger partial charge in [0.15, 0.2) is 5.69 Å². The zero-order chi connectivity index (χ0) is 20.1. The van der Waals surface area contributed by atoms with E-state index in [0.717, 1.165) is 6.42 Å². The first kappa shape index (κ1) is 19.3. The second-order valence-electron chi connectivity index (χ2n) is 6.17. The molecule has 3 aromatic rings.